The Morgan fingerprint density at radius 2 is 2.05 bits per heavy atom. The van der Waals surface area contributed by atoms with Crippen LogP contribution >= 0.6 is 0 Å². The van der Waals surface area contributed by atoms with Crippen molar-refractivity contribution in [2.75, 3.05) is 37.6 Å². The Labute approximate surface area is 128 Å². The van der Waals surface area contributed by atoms with Crippen LogP contribution in [-0.4, -0.2) is 48.1 Å². The van der Waals surface area contributed by atoms with Gasteiger partial charge in [-0.15, -0.1) is 0 Å². The molecule has 1 saturated heterocycles. The Morgan fingerprint density at radius 3 is 2.67 bits per heavy atom. The molecular weight excluding hydrogens is 260 g/mol. The van der Waals surface area contributed by atoms with E-state index in [9.17, 15) is 0 Å². The molecule has 0 spiro atoms. The smallest absolute Gasteiger partial charge is 0.128 e. The van der Waals surface area contributed by atoms with E-state index in [0.717, 1.165) is 44.5 Å². The molecule has 4 nitrogen and oxygen atoms in total. The van der Waals surface area contributed by atoms with Crippen molar-refractivity contribution in [1.29, 1.82) is 0 Å². The van der Waals surface area contributed by atoms with Crippen molar-refractivity contribution in [2.45, 2.75) is 38.1 Å². The number of nitrogens with two attached hydrogens (primary N) is 1. The summed E-state index contributed by atoms with van der Waals surface area (Å²) in [7, 11) is 0. The van der Waals surface area contributed by atoms with E-state index in [-0.39, 0.29) is 5.54 Å². The third kappa shape index (κ3) is 2.79. The normalized spacial score (nSPS) is 31.3. The summed E-state index contributed by atoms with van der Waals surface area (Å²) in [5, 5.41) is 0. The molecular formula is C17H28N4. The van der Waals surface area contributed by atoms with E-state index in [4.69, 9.17) is 5.73 Å². The van der Waals surface area contributed by atoms with Gasteiger partial charge in [0.2, 0.25) is 0 Å². The Morgan fingerprint density at radius 1 is 1.24 bits per heavy atom. The zero-order valence-electron chi connectivity index (χ0n) is 13.2. The van der Waals surface area contributed by atoms with Crippen LogP contribution in [0.3, 0.4) is 0 Å². The molecule has 2 unspecified atom stereocenters. The standard InChI is InChI=1S/C17H28N4/c1-15-6-2-4-8-17(15,14-18)21-12-10-20(11-13-21)16-7-3-5-9-19-16/h3,5,7,9,15H,2,4,6,8,10-14,18H2,1H3. The first-order valence-corrected chi connectivity index (χ1v) is 8.37. The predicted octanol–water partition coefficient (Wildman–Crippen LogP) is 2.11. The van der Waals surface area contributed by atoms with Crippen LogP contribution in [0.4, 0.5) is 5.82 Å². The summed E-state index contributed by atoms with van der Waals surface area (Å²) < 4.78 is 0. The third-order valence-corrected chi connectivity index (χ3v) is 5.65. The lowest BCUT2D eigenvalue weighted by atomic mass is 9.72. The fraction of sp³-hybridized carbons (Fsp3) is 0.706. The molecule has 1 aliphatic heterocycles. The molecule has 2 heterocycles. The van der Waals surface area contributed by atoms with Gasteiger partial charge in [-0.05, 0) is 30.9 Å². The molecule has 2 aliphatic rings. The molecule has 1 saturated carbocycles. The molecule has 2 fully saturated rings. The number of pyridine rings is 1. The van der Waals surface area contributed by atoms with Crippen LogP contribution in [0.25, 0.3) is 0 Å². The predicted molar refractivity (Wildman–Crippen MR) is 87.4 cm³/mol. The number of nitrogens with zero attached hydrogens (tertiary/aromatic N) is 3. The minimum atomic E-state index is 0.245. The summed E-state index contributed by atoms with van der Waals surface area (Å²) in [5.74, 6) is 1.83. The minimum Gasteiger partial charge on any atom is -0.354 e. The number of anilines is 1. The maximum absolute atomic E-state index is 6.24. The lowest BCUT2D eigenvalue weighted by Gasteiger charge is -2.52. The number of aromatic nitrogens is 1. The molecule has 1 aromatic heterocycles. The van der Waals surface area contributed by atoms with Crippen molar-refractivity contribution < 1.29 is 0 Å². The van der Waals surface area contributed by atoms with Crippen molar-refractivity contribution in [3.8, 4) is 0 Å². The molecule has 2 N–H and O–H groups in total. The molecule has 1 aromatic rings. The van der Waals surface area contributed by atoms with Crippen molar-refractivity contribution in [2.24, 2.45) is 11.7 Å². The maximum atomic E-state index is 6.24. The van der Waals surface area contributed by atoms with E-state index in [0.29, 0.717) is 0 Å². The SMILES string of the molecule is CC1CCCCC1(CN)N1CCN(c2ccccn2)CC1. The van der Waals surface area contributed by atoms with E-state index in [1.165, 1.54) is 25.7 Å². The van der Waals surface area contributed by atoms with Gasteiger partial charge in [-0.25, -0.2) is 4.98 Å². The first-order chi connectivity index (χ1) is 10.3. The minimum absolute atomic E-state index is 0.245. The molecule has 21 heavy (non-hydrogen) atoms. The first-order valence-electron chi connectivity index (χ1n) is 8.37. The van der Waals surface area contributed by atoms with Crippen molar-refractivity contribution >= 4 is 5.82 Å². The average Bonchev–Trinajstić information content (AvgIpc) is 2.57. The lowest BCUT2D eigenvalue weighted by molar-refractivity contribution is 0.00925. The Balaban J connectivity index is 1.67. The van der Waals surface area contributed by atoms with Gasteiger partial charge in [-0.2, -0.15) is 0 Å². The molecule has 1 aliphatic carbocycles. The summed E-state index contributed by atoms with van der Waals surface area (Å²) in [4.78, 5) is 9.55. The van der Waals surface area contributed by atoms with E-state index >= 15 is 0 Å². The van der Waals surface area contributed by atoms with E-state index in [1.54, 1.807) is 0 Å². The summed E-state index contributed by atoms with van der Waals surface area (Å²) in [5.41, 5.74) is 6.48. The highest BCUT2D eigenvalue weighted by molar-refractivity contribution is 5.38. The number of rotatable bonds is 3. The first kappa shape index (κ1) is 14.8. The fourth-order valence-corrected chi connectivity index (χ4v) is 4.22. The molecule has 0 aromatic carbocycles. The zero-order chi connectivity index (χ0) is 14.7. The van der Waals surface area contributed by atoms with E-state index < -0.39 is 0 Å². The highest BCUT2D eigenvalue weighted by Gasteiger charge is 2.42. The van der Waals surface area contributed by atoms with Gasteiger partial charge in [0.15, 0.2) is 0 Å². The second kappa shape index (κ2) is 6.32. The van der Waals surface area contributed by atoms with Gasteiger partial charge in [-0.1, -0.05) is 25.8 Å². The van der Waals surface area contributed by atoms with Crippen LogP contribution in [0, 0.1) is 5.92 Å². The van der Waals surface area contributed by atoms with Crippen molar-refractivity contribution in [3.05, 3.63) is 24.4 Å². The van der Waals surface area contributed by atoms with Crippen molar-refractivity contribution in [1.82, 2.24) is 9.88 Å². The summed E-state index contributed by atoms with van der Waals surface area (Å²) >= 11 is 0. The second-order valence-electron chi connectivity index (χ2n) is 6.62. The molecule has 0 amide bonds. The van der Waals surface area contributed by atoms with Crippen LogP contribution in [0.5, 0.6) is 0 Å². The maximum Gasteiger partial charge on any atom is 0.128 e. The van der Waals surface area contributed by atoms with Gasteiger partial charge < -0.3 is 10.6 Å². The second-order valence-corrected chi connectivity index (χ2v) is 6.62. The molecule has 3 rings (SSSR count). The summed E-state index contributed by atoms with van der Waals surface area (Å²) in [6, 6.07) is 6.16. The van der Waals surface area contributed by atoms with Gasteiger partial charge in [0.05, 0.1) is 0 Å². The van der Waals surface area contributed by atoms with Gasteiger partial charge in [0, 0.05) is 44.5 Å². The third-order valence-electron chi connectivity index (χ3n) is 5.65. The van der Waals surface area contributed by atoms with Crippen LogP contribution < -0.4 is 10.6 Å². The molecule has 4 heteroatoms. The molecule has 116 valence electrons. The van der Waals surface area contributed by atoms with Crippen LogP contribution in [0.1, 0.15) is 32.6 Å². The Bertz CT molecular complexity index is 441. The average molecular weight is 288 g/mol. The molecule has 0 bridgehead atoms. The number of hydrogen-bond acceptors (Lipinski definition) is 4. The van der Waals surface area contributed by atoms with Crippen molar-refractivity contribution in [3.63, 3.8) is 0 Å². The zero-order valence-corrected chi connectivity index (χ0v) is 13.2. The van der Waals surface area contributed by atoms with Crippen LogP contribution in [-0.2, 0) is 0 Å². The Hall–Kier alpha value is -1.13. The van der Waals surface area contributed by atoms with Gasteiger partial charge in [-0.3, -0.25) is 4.90 Å². The molecule has 0 radical (unpaired) electrons. The van der Waals surface area contributed by atoms with Gasteiger partial charge in [0.25, 0.3) is 0 Å². The number of hydrogen-bond donors (Lipinski definition) is 1. The summed E-state index contributed by atoms with van der Waals surface area (Å²) in [6.45, 7) is 7.54. The largest absolute Gasteiger partial charge is 0.354 e. The van der Waals surface area contributed by atoms with Gasteiger partial charge in [0.1, 0.15) is 5.82 Å². The monoisotopic (exact) mass is 288 g/mol. The van der Waals surface area contributed by atoms with E-state index in [1.807, 2.05) is 12.3 Å². The number of piperazine rings is 1. The molecule has 2 atom stereocenters. The fourth-order valence-electron chi connectivity index (χ4n) is 4.22. The van der Waals surface area contributed by atoms with Crippen LogP contribution in [0.2, 0.25) is 0 Å². The Kier molecular flexibility index (Phi) is 4.45. The van der Waals surface area contributed by atoms with E-state index in [2.05, 4.69) is 33.8 Å². The summed E-state index contributed by atoms with van der Waals surface area (Å²) in [6.07, 6.45) is 7.19. The lowest BCUT2D eigenvalue weighted by Crippen LogP contribution is -2.64. The van der Waals surface area contributed by atoms with Gasteiger partial charge >= 0.3 is 0 Å². The topological polar surface area (TPSA) is 45.4 Å². The highest BCUT2D eigenvalue weighted by atomic mass is 15.3. The highest BCUT2D eigenvalue weighted by Crippen LogP contribution is 2.38. The van der Waals surface area contributed by atoms with Crippen LogP contribution in [0.15, 0.2) is 24.4 Å². The quantitative estimate of drug-likeness (QED) is 0.925.